The lowest BCUT2D eigenvalue weighted by molar-refractivity contribution is 0.207. The van der Waals surface area contributed by atoms with Crippen LogP contribution in [0.1, 0.15) is 33.1 Å². The van der Waals surface area contributed by atoms with Crippen molar-refractivity contribution >= 4 is 10.0 Å². The molecule has 4 nitrogen and oxygen atoms in total. The first-order valence-corrected chi connectivity index (χ1v) is 7.36. The molecule has 1 aliphatic rings. The molecule has 0 spiro atoms. The molecule has 1 atom stereocenters. The summed E-state index contributed by atoms with van der Waals surface area (Å²) in [5.74, 6) is 0.760. The third-order valence-electron chi connectivity index (χ3n) is 3.06. The molecule has 0 amide bonds. The zero-order valence-electron chi connectivity index (χ0n) is 9.65. The second kappa shape index (κ2) is 5.27. The average Bonchev–Trinajstić information content (AvgIpc) is 2.49. The molecule has 1 rings (SSSR count). The first kappa shape index (κ1) is 12.9. The van der Waals surface area contributed by atoms with Gasteiger partial charge in [0, 0.05) is 6.04 Å². The molecule has 90 valence electrons. The van der Waals surface area contributed by atoms with Crippen LogP contribution in [-0.2, 0) is 10.0 Å². The molecular weight excluding hydrogens is 212 g/mol. The van der Waals surface area contributed by atoms with Crippen LogP contribution >= 0.6 is 0 Å². The zero-order chi connectivity index (χ0) is 11.5. The monoisotopic (exact) mass is 234 g/mol. The molecule has 15 heavy (non-hydrogen) atoms. The second-order valence-corrected chi connectivity index (χ2v) is 6.44. The van der Waals surface area contributed by atoms with Gasteiger partial charge in [0.1, 0.15) is 0 Å². The Hall–Kier alpha value is -0.130. The number of hydrogen-bond acceptors (Lipinski definition) is 3. The summed E-state index contributed by atoms with van der Waals surface area (Å²) < 4.78 is 21.6. The molecule has 5 heteroatoms. The molecule has 0 aliphatic carbocycles. The number of hydrogen-bond donors (Lipinski definition) is 1. The quantitative estimate of drug-likeness (QED) is 0.765. The van der Waals surface area contributed by atoms with Crippen LogP contribution in [-0.4, -0.2) is 38.2 Å². The highest BCUT2D eigenvalue weighted by Crippen LogP contribution is 2.23. The maximum atomic E-state index is 10.8. The second-order valence-electron chi connectivity index (χ2n) is 4.71. The summed E-state index contributed by atoms with van der Waals surface area (Å²) in [4.78, 5) is 2.40. The maximum Gasteiger partial charge on any atom is 0.209 e. The highest BCUT2D eigenvalue weighted by atomic mass is 32.2. The van der Waals surface area contributed by atoms with E-state index in [4.69, 9.17) is 5.14 Å². The van der Waals surface area contributed by atoms with Crippen LogP contribution in [0.4, 0.5) is 0 Å². The SMILES string of the molecule is CC(C)C1CCCN1CCCS(N)(=O)=O. The Kier molecular flexibility index (Phi) is 4.55. The van der Waals surface area contributed by atoms with E-state index in [-0.39, 0.29) is 5.75 Å². The summed E-state index contributed by atoms with van der Waals surface area (Å²) >= 11 is 0. The van der Waals surface area contributed by atoms with Crippen LogP contribution in [0.5, 0.6) is 0 Å². The third-order valence-corrected chi connectivity index (χ3v) is 3.92. The van der Waals surface area contributed by atoms with Gasteiger partial charge in [0.15, 0.2) is 0 Å². The number of rotatable bonds is 5. The first-order valence-electron chi connectivity index (χ1n) is 5.64. The molecule has 0 bridgehead atoms. The van der Waals surface area contributed by atoms with Gasteiger partial charge in [-0.3, -0.25) is 0 Å². The molecule has 1 saturated heterocycles. The van der Waals surface area contributed by atoms with E-state index in [2.05, 4.69) is 18.7 Å². The number of primary sulfonamides is 1. The van der Waals surface area contributed by atoms with Crippen LogP contribution in [0.2, 0.25) is 0 Å². The van der Waals surface area contributed by atoms with Crippen molar-refractivity contribution in [1.29, 1.82) is 0 Å². The fourth-order valence-corrected chi connectivity index (χ4v) is 2.88. The van der Waals surface area contributed by atoms with Gasteiger partial charge in [0.2, 0.25) is 10.0 Å². The standard InChI is InChI=1S/C10H22N2O2S/c1-9(2)10-5-3-6-12(10)7-4-8-15(11,13)14/h9-10H,3-8H2,1-2H3,(H2,11,13,14). The summed E-state index contributed by atoms with van der Waals surface area (Å²) in [6.07, 6.45) is 3.13. The van der Waals surface area contributed by atoms with Crippen molar-refractivity contribution in [3.8, 4) is 0 Å². The van der Waals surface area contributed by atoms with E-state index in [0.717, 1.165) is 13.1 Å². The summed E-state index contributed by atoms with van der Waals surface area (Å²) in [5, 5.41) is 4.97. The van der Waals surface area contributed by atoms with E-state index in [1.165, 1.54) is 12.8 Å². The Morgan fingerprint density at radius 1 is 1.47 bits per heavy atom. The van der Waals surface area contributed by atoms with Crippen LogP contribution in [0.3, 0.4) is 0 Å². The fourth-order valence-electron chi connectivity index (χ4n) is 2.35. The van der Waals surface area contributed by atoms with Crippen molar-refractivity contribution in [3.63, 3.8) is 0 Å². The molecule has 1 fully saturated rings. The van der Waals surface area contributed by atoms with Gasteiger partial charge in [-0.05, 0) is 38.3 Å². The fraction of sp³-hybridized carbons (Fsp3) is 1.00. The predicted octanol–water partition coefficient (Wildman–Crippen LogP) is 0.785. The van der Waals surface area contributed by atoms with Crippen molar-refractivity contribution in [2.24, 2.45) is 11.1 Å². The molecular formula is C10H22N2O2S. The van der Waals surface area contributed by atoms with E-state index in [1.807, 2.05) is 0 Å². The van der Waals surface area contributed by atoms with Gasteiger partial charge in [-0.2, -0.15) is 0 Å². The molecule has 0 aromatic carbocycles. The van der Waals surface area contributed by atoms with Crippen LogP contribution < -0.4 is 5.14 Å². The van der Waals surface area contributed by atoms with Gasteiger partial charge in [-0.15, -0.1) is 0 Å². The molecule has 0 radical (unpaired) electrons. The molecule has 1 aliphatic heterocycles. The Labute approximate surface area is 92.9 Å². The van der Waals surface area contributed by atoms with Gasteiger partial charge < -0.3 is 4.90 Å². The molecule has 2 N–H and O–H groups in total. The molecule has 0 aromatic heterocycles. The average molecular weight is 234 g/mol. The van der Waals surface area contributed by atoms with Crippen molar-refractivity contribution < 1.29 is 8.42 Å². The zero-order valence-corrected chi connectivity index (χ0v) is 10.5. The minimum atomic E-state index is -3.28. The van der Waals surface area contributed by atoms with E-state index < -0.39 is 10.0 Å². The van der Waals surface area contributed by atoms with E-state index in [0.29, 0.717) is 18.4 Å². The van der Waals surface area contributed by atoms with Crippen LogP contribution in [0.25, 0.3) is 0 Å². The van der Waals surface area contributed by atoms with Crippen molar-refractivity contribution in [3.05, 3.63) is 0 Å². The molecule has 1 heterocycles. The highest BCUT2D eigenvalue weighted by Gasteiger charge is 2.26. The van der Waals surface area contributed by atoms with Gasteiger partial charge in [-0.25, -0.2) is 13.6 Å². The summed E-state index contributed by atoms with van der Waals surface area (Å²) in [6.45, 7) is 6.41. The lowest BCUT2D eigenvalue weighted by Gasteiger charge is -2.27. The lowest BCUT2D eigenvalue weighted by atomic mass is 10.0. The Bertz CT molecular complexity index is 288. The molecule has 0 saturated carbocycles. The van der Waals surface area contributed by atoms with Gasteiger partial charge in [0.25, 0.3) is 0 Å². The van der Waals surface area contributed by atoms with Crippen molar-refractivity contribution in [2.75, 3.05) is 18.8 Å². The Balaban J connectivity index is 2.32. The highest BCUT2D eigenvalue weighted by molar-refractivity contribution is 7.89. The van der Waals surface area contributed by atoms with Gasteiger partial charge >= 0.3 is 0 Å². The Morgan fingerprint density at radius 2 is 2.13 bits per heavy atom. The smallest absolute Gasteiger partial charge is 0.209 e. The lowest BCUT2D eigenvalue weighted by Crippen LogP contribution is -2.35. The van der Waals surface area contributed by atoms with Crippen molar-refractivity contribution in [1.82, 2.24) is 4.90 Å². The third kappa shape index (κ3) is 4.49. The van der Waals surface area contributed by atoms with Gasteiger partial charge in [-0.1, -0.05) is 13.8 Å². The predicted molar refractivity (Wildman–Crippen MR) is 62.0 cm³/mol. The summed E-state index contributed by atoms with van der Waals surface area (Å²) in [6, 6.07) is 0.630. The van der Waals surface area contributed by atoms with E-state index >= 15 is 0 Å². The Morgan fingerprint density at radius 3 is 2.67 bits per heavy atom. The number of likely N-dealkylation sites (tertiary alicyclic amines) is 1. The number of nitrogens with two attached hydrogens (primary N) is 1. The van der Waals surface area contributed by atoms with E-state index in [1.54, 1.807) is 0 Å². The minimum Gasteiger partial charge on any atom is -0.300 e. The van der Waals surface area contributed by atoms with Crippen LogP contribution in [0, 0.1) is 5.92 Å². The summed E-state index contributed by atoms with van der Waals surface area (Å²) in [7, 11) is -3.28. The molecule has 0 aromatic rings. The van der Waals surface area contributed by atoms with Crippen molar-refractivity contribution in [2.45, 2.75) is 39.2 Å². The largest absolute Gasteiger partial charge is 0.300 e. The first-order chi connectivity index (χ1) is 6.90. The maximum absolute atomic E-state index is 10.8. The van der Waals surface area contributed by atoms with E-state index in [9.17, 15) is 8.42 Å². The van der Waals surface area contributed by atoms with Gasteiger partial charge in [0.05, 0.1) is 5.75 Å². The molecule has 1 unspecified atom stereocenters. The normalized spacial score (nSPS) is 23.9. The van der Waals surface area contributed by atoms with Crippen LogP contribution in [0.15, 0.2) is 0 Å². The summed E-state index contributed by atoms with van der Waals surface area (Å²) in [5.41, 5.74) is 0. The topological polar surface area (TPSA) is 63.4 Å². The number of sulfonamides is 1. The minimum absolute atomic E-state index is 0.105. The number of nitrogens with zero attached hydrogens (tertiary/aromatic N) is 1.